The molecule has 2 aromatic rings. The zero-order chi connectivity index (χ0) is 13.1. The highest BCUT2D eigenvalue weighted by Crippen LogP contribution is 2.19. The van der Waals surface area contributed by atoms with Gasteiger partial charge in [0.05, 0.1) is 0 Å². The van der Waals surface area contributed by atoms with Crippen molar-refractivity contribution in [2.24, 2.45) is 0 Å². The van der Waals surface area contributed by atoms with Gasteiger partial charge >= 0.3 is 0 Å². The van der Waals surface area contributed by atoms with E-state index in [1.807, 2.05) is 42.5 Å². The molecule has 0 bridgehead atoms. The number of amides is 1. The highest BCUT2D eigenvalue weighted by Gasteiger charge is 2.23. The van der Waals surface area contributed by atoms with E-state index in [-0.39, 0.29) is 5.91 Å². The van der Waals surface area contributed by atoms with Crippen molar-refractivity contribution < 1.29 is 4.79 Å². The highest BCUT2D eigenvalue weighted by atomic mass is 16.1. The Balaban J connectivity index is 1.66. The Morgan fingerprint density at radius 1 is 0.947 bits per heavy atom. The van der Waals surface area contributed by atoms with Crippen LogP contribution in [0.1, 0.15) is 34.3 Å². The summed E-state index contributed by atoms with van der Waals surface area (Å²) in [5.41, 5.74) is 3.27. The lowest BCUT2D eigenvalue weighted by Gasteiger charge is -2.05. The summed E-state index contributed by atoms with van der Waals surface area (Å²) in [4.78, 5) is 11.9. The molecule has 0 aromatic heterocycles. The molecule has 2 heteroatoms. The predicted molar refractivity (Wildman–Crippen MR) is 76.2 cm³/mol. The number of hydrogen-bond donors (Lipinski definition) is 1. The van der Waals surface area contributed by atoms with Crippen molar-refractivity contribution in [2.75, 3.05) is 0 Å². The van der Waals surface area contributed by atoms with Crippen molar-refractivity contribution in [3.63, 3.8) is 0 Å². The highest BCUT2D eigenvalue weighted by molar-refractivity contribution is 5.94. The molecule has 0 saturated heterocycles. The van der Waals surface area contributed by atoms with Crippen LogP contribution in [0.4, 0.5) is 0 Å². The van der Waals surface area contributed by atoms with E-state index in [9.17, 15) is 4.79 Å². The molecule has 19 heavy (non-hydrogen) atoms. The summed E-state index contributed by atoms with van der Waals surface area (Å²) in [5.74, 6) is 0.0498. The molecular formula is C17H17NO. The quantitative estimate of drug-likeness (QED) is 0.888. The third kappa shape index (κ3) is 3.22. The van der Waals surface area contributed by atoms with Crippen molar-refractivity contribution in [1.82, 2.24) is 5.32 Å². The second-order valence-electron chi connectivity index (χ2n) is 5.11. The molecule has 0 spiro atoms. The average Bonchev–Trinajstić information content (AvgIpc) is 3.25. The van der Waals surface area contributed by atoms with Crippen molar-refractivity contribution >= 4 is 5.91 Å². The van der Waals surface area contributed by atoms with E-state index in [1.54, 1.807) is 0 Å². The number of rotatable bonds is 4. The molecule has 0 aliphatic heterocycles. The summed E-state index contributed by atoms with van der Waals surface area (Å²) in [6.07, 6.45) is 3.15. The Morgan fingerprint density at radius 3 is 2.21 bits per heavy atom. The third-order valence-electron chi connectivity index (χ3n) is 3.38. The van der Waals surface area contributed by atoms with Crippen molar-refractivity contribution in [3.8, 4) is 0 Å². The average molecular weight is 251 g/mol. The third-order valence-corrected chi connectivity index (χ3v) is 3.38. The van der Waals surface area contributed by atoms with Gasteiger partial charge in [-0.3, -0.25) is 4.79 Å². The first kappa shape index (κ1) is 12.0. The van der Waals surface area contributed by atoms with Crippen LogP contribution in [-0.2, 0) is 6.42 Å². The summed E-state index contributed by atoms with van der Waals surface area (Å²) >= 11 is 0. The molecule has 0 heterocycles. The van der Waals surface area contributed by atoms with E-state index < -0.39 is 0 Å². The lowest BCUT2D eigenvalue weighted by molar-refractivity contribution is 0.0951. The van der Waals surface area contributed by atoms with E-state index in [2.05, 4.69) is 17.4 Å². The molecule has 2 aromatic carbocycles. The Kier molecular flexibility index (Phi) is 3.32. The minimum atomic E-state index is 0.0498. The molecule has 1 aliphatic carbocycles. The Bertz CT molecular complexity index is 556. The zero-order valence-corrected chi connectivity index (χ0v) is 10.8. The van der Waals surface area contributed by atoms with Crippen LogP contribution in [0.5, 0.6) is 0 Å². The van der Waals surface area contributed by atoms with Gasteiger partial charge in [-0.2, -0.15) is 0 Å². The predicted octanol–water partition coefficient (Wildman–Crippen LogP) is 3.17. The van der Waals surface area contributed by atoms with Crippen LogP contribution in [-0.4, -0.2) is 11.9 Å². The number of carbonyl (C=O) groups excluding carboxylic acids is 1. The molecule has 3 rings (SSSR count). The number of nitrogens with one attached hydrogen (secondary N) is 1. The molecule has 1 amide bonds. The van der Waals surface area contributed by atoms with Gasteiger partial charge in [0.1, 0.15) is 0 Å². The standard InChI is InChI=1S/C17H17NO/c19-17(18-16-10-11-16)15-8-6-14(7-9-15)12-13-4-2-1-3-5-13/h1-9,16H,10-12H2,(H,18,19). The molecule has 1 N–H and O–H groups in total. The largest absolute Gasteiger partial charge is 0.349 e. The van der Waals surface area contributed by atoms with E-state index in [0.29, 0.717) is 6.04 Å². The SMILES string of the molecule is O=C(NC1CC1)c1ccc(Cc2ccccc2)cc1. The van der Waals surface area contributed by atoms with Gasteiger partial charge in [-0.05, 0) is 42.5 Å². The molecule has 0 atom stereocenters. The van der Waals surface area contributed by atoms with Crippen molar-refractivity contribution in [3.05, 3.63) is 71.3 Å². The number of hydrogen-bond acceptors (Lipinski definition) is 1. The van der Waals surface area contributed by atoms with Crippen LogP contribution in [0.3, 0.4) is 0 Å². The van der Waals surface area contributed by atoms with Gasteiger partial charge in [0.15, 0.2) is 0 Å². The second-order valence-corrected chi connectivity index (χ2v) is 5.11. The molecule has 2 nitrogen and oxygen atoms in total. The lowest BCUT2D eigenvalue weighted by atomic mass is 10.0. The molecule has 1 aliphatic rings. The van der Waals surface area contributed by atoms with Crippen molar-refractivity contribution in [2.45, 2.75) is 25.3 Å². The van der Waals surface area contributed by atoms with Gasteiger partial charge in [-0.1, -0.05) is 42.5 Å². The van der Waals surface area contributed by atoms with Crippen LogP contribution in [0.15, 0.2) is 54.6 Å². The minimum absolute atomic E-state index is 0.0498. The van der Waals surface area contributed by atoms with E-state index in [0.717, 1.165) is 24.8 Å². The summed E-state index contributed by atoms with van der Waals surface area (Å²) in [5, 5.41) is 3.00. The summed E-state index contributed by atoms with van der Waals surface area (Å²) in [6, 6.07) is 18.7. The maximum absolute atomic E-state index is 11.9. The molecule has 0 unspecified atom stereocenters. The monoisotopic (exact) mass is 251 g/mol. The molecular weight excluding hydrogens is 234 g/mol. The van der Waals surface area contributed by atoms with Crippen LogP contribution in [0.25, 0.3) is 0 Å². The van der Waals surface area contributed by atoms with Crippen LogP contribution in [0.2, 0.25) is 0 Å². The smallest absolute Gasteiger partial charge is 0.251 e. The second kappa shape index (κ2) is 5.27. The fraction of sp³-hybridized carbons (Fsp3) is 0.235. The van der Waals surface area contributed by atoms with E-state index in [1.165, 1.54) is 11.1 Å². The van der Waals surface area contributed by atoms with Crippen LogP contribution >= 0.6 is 0 Å². The minimum Gasteiger partial charge on any atom is -0.349 e. The first-order valence-corrected chi connectivity index (χ1v) is 6.75. The molecule has 1 fully saturated rings. The Labute approximate surface area is 113 Å². The number of carbonyl (C=O) groups is 1. The van der Waals surface area contributed by atoms with E-state index in [4.69, 9.17) is 0 Å². The van der Waals surface area contributed by atoms with Gasteiger partial charge in [-0.25, -0.2) is 0 Å². The number of benzene rings is 2. The van der Waals surface area contributed by atoms with Gasteiger partial charge in [0.2, 0.25) is 0 Å². The Hall–Kier alpha value is -2.09. The van der Waals surface area contributed by atoms with Crippen LogP contribution in [0, 0.1) is 0 Å². The molecule has 1 saturated carbocycles. The fourth-order valence-electron chi connectivity index (χ4n) is 2.10. The Morgan fingerprint density at radius 2 is 1.58 bits per heavy atom. The zero-order valence-electron chi connectivity index (χ0n) is 10.8. The van der Waals surface area contributed by atoms with E-state index >= 15 is 0 Å². The maximum Gasteiger partial charge on any atom is 0.251 e. The summed E-state index contributed by atoms with van der Waals surface area (Å²) in [6.45, 7) is 0. The topological polar surface area (TPSA) is 29.1 Å². The lowest BCUT2D eigenvalue weighted by Crippen LogP contribution is -2.25. The van der Waals surface area contributed by atoms with Crippen molar-refractivity contribution in [1.29, 1.82) is 0 Å². The molecule has 96 valence electrons. The van der Waals surface area contributed by atoms with Gasteiger partial charge < -0.3 is 5.32 Å². The maximum atomic E-state index is 11.9. The molecule has 0 radical (unpaired) electrons. The first-order valence-electron chi connectivity index (χ1n) is 6.75. The van der Waals surface area contributed by atoms with Crippen LogP contribution < -0.4 is 5.32 Å². The van der Waals surface area contributed by atoms with Gasteiger partial charge in [-0.15, -0.1) is 0 Å². The summed E-state index contributed by atoms with van der Waals surface area (Å²) < 4.78 is 0. The first-order chi connectivity index (χ1) is 9.31. The fourth-order valence-corrected chi connectivity index (χ4v) is 2.10. The van der Waals surface area contributed by atoms with Gasteiger partial charge in [0.25, 0.3) is 5.91 Å². The normalized spacial score (nSPS) is 14.1. The van der Waals surface area contributed by atoms with Gasteiger partial charge in [0, 0.05) is 11.6 Å². The summed E-state index contributed by atoms with van der Waals surface area (Å²) in [7, 11) is 0.